The van der Waals surface area contributed by atoms with Crippen molar-refractivity contribution in [3.8, 4) is 16.9 Å². The van der Waals surface area contributed by atoms with E-state index < -0.39 is 16.7 Å². The van der Waals surface area contributed by atoms with Gasteiger partial charge in [-0.05, 0) is 31.5 Å². The van der Waals surface area contributed by atoms with Gasteiger partial charge in [-0.25, -0.2) is 4.79 Å². The van der Waals surface area contributed by atoms with Crippen LogP contribution >= 0.6 is 0 Å². The van der Waals surface area contributed by atoms with Gasteiger partial charge in [-0.3, -0.25) is 14.9 Å². The van der Waals surface area contributed by atoms with Crippen molar-refractivity contribution in [1.29, 1.82) is 0 Å². The highest BCUT2D eigenvalue weighted by atomic mass is 16.6. The number of nitrogens with zero attached hydrogens (tertiary/aromatic N) is 1. The number of benzene rings is 2. The molecule has 7 nitrogen and oxygen atoms in total. The van der Waals surface area contributed by atoms with E-state index in [1.807, 2.05) is 0 Å². The maximum absolute atomic E-state index is 11.9. The minimum Gasteiger partial charge on any atom is -0.483 e. The molecule has 0 N–H and O–H groups in total. The number of fused-ring (bicyclic) bond motifs is 1. The third-order valence-electron chi connectivity index (χ3n) is 3.97. The van der Waals surface area contributed by atoms with Gasteiger partial charge in [0.1, 0.15) is 11.3 Å². The third kappa shape index (κ3) is 3.46. The molecule has 0 radical (unpaired) electrons. The van der Waals surface area contributed by atoms with Crippen LogP contribution in [0.15, 0.2) is 57.7 Å². The van der Waals surface area contributed by atoms with Gasteiger partial charge in [0, 0.05) is 35.2 Å². The molecule has 0 saturated heterocycles. The van der Waals surface area contributed by atoms with E-state index in [-0.39, 0.29) is 17.1 Å². The molecule has 0 fully saturated rings. The van der Waals surface area contributed by atoms with Gasteiger partial charge >= 0.3 is 5.63 Å². The van der Waals surface area contributed by atoms with E-state index in [0.717, 1.165) is 0 Å². The number of rotatable bonds is 5. The van der Waals surface area contributed by atoms with Crippen LogP contribution in [0.1, 0.15) is 13.8 Å². The first kappa shape index (κ1) is 17.3. The number of non-ortho nitro benzene ring substituents is 1. The monoisotopic (exact) mass is 353 g/mol. The van der Waals surface area contributed by atoms with Crippen LogP contribution in [0.25, 0.3) is 22.1 Å². The molecule has 0 saturated carbocycles. The average molecular weight is 353 g/mol. The van der Waals surface area contributed by atoms with Crippen molar-refractivity contribution in [2.24, 2.45) is 0 Å². The molecule has 7 heteroatoms. The van der Waals surface area contributed by atoms with Crippen LogP contribution in [-0.4, -0.2) is 16.8 Å². The van der Waals surface area contributed by atoms with Gasteiger partial charge in [0.05, 0.1) is 4.92 Å². The molecule has 1 atom stereocenters. The maximum Gasteiger partial charge on any atom is 0.336 e. The van der Waals surface area contributed by atoms with E-state index in [0.29, 0.717) is 22.3 Å². The Bertz CT molecular complexity index is 1070. The van der Waals surface area contributed by atoms with Crippen LogP contribution in [0.2, 0.25) is 0 Å². The predicted molar refractivity (Wildman–Crippen MR) is 95.3 cm³/mol. The Hall–Kier alpha value is -3.48. The van der Waals surface area contributed by atoms with E-state index in [1.54, 1.807) is 31.2 Å². The van der Waals surface area contributed by atoms with E-state index >= 15 is 0 Å². The number of ketones is 1. The Morgan fingerprint density at radius 1 is 1.19 bits per heavy atom. The molecule has 1 heterocycles. The Morgan fingerprint density at radius 3 is 2.65 bits per heavy atom. The highest BCUT2D eigenvalue weighted by molar-refractivity contribution is 5.94. The second-order valence-corrected chi connectivity index (χ2v) is 5.82. The predicted octanol–water partition coefficient (Wildman–Crippen LogP) is 3.72. The smallest absolute Gasteiger partial charge is 0.336 e. The van der Waals surface area contributed by atoms with Crippen molar-refractivity contribution >= 4 is 22.4 Å². The van der Waals surface area contributed by atoms with E-state index in [1.165, 1.54) is 31.2 Å². The summed E-state index contributed by atoms with van der Waals surface area (Å²) in [5.74, 6) is 0.261. The molecule has 0 amide bonds. The summed E-state index contributed by atoms with van der Waals surface area (Å²) in [6.07, 6.45) is -0.626. The zero-order chi connectivity index (χ0) is 18.8. The molecule has 2 aromatic carbocycles. The van der Waals surface area contributed by atoms with E-state index in [2.05, 4.69) is 0 Å². The van der Waals surface area contributed by atoms with Crippen LogP contribution < -0.4 is 10.4 Å². The average Bonchev–Trinajstić information content (AvgIpc) is 2.60. The molecular weight excluding hydrogens is 338 g/mol. The van der Waals surface area contributed by atoms with Crippen molar-refractivity contribution in [1.82, 2.24) is 0 Å². The molecule has 0 aliphatic carbocycles. The Kier molecular flexibility index (Phi) is 4.53. The molecule has 0 bridgehead atoms. The minimum absolute atomic E-state index is 0.0703. The summed E-state index contributed by atoms with van der Waals surface area (Å²) in [5, 5.41) is 11.6. The van der Waals surface area contributed by atoms with Gasteiger partial charge in [0.15, 0.2) is 11.9 Å². The first-order chi connectivity index (χ1) is 12.3. The third-order valence-corrected chi connectivity index (χ3v) is 3.97. The Balaban J connectivity index is 2.12. The molecule has 1 aromatic heterocycles. The fraction of sp³-hybridized carbons (Fsp3) is 0.158. The lowest BCUT2D eigenvalue weighted by atomic mass is 10.0. The van der Waals surface area contributed by atoms with Crippen LogP contribution in [0.3, 0.4) is 0 Å². The lowest BCUT2D eigenvalue weighted by Crippen LogP contribution is -2.20. The van der Waals surface area contributed by atoms with Crippen molar-refractivity contribution in [2.45, 2.75) is 20.0 Å². The van der Waals surface area contributed by atoms with Gasteiger partial charge in [0.2, 0.25) is 0 Å². The highest BCUT2D eigenvalue weighted by Crippen LogP contribution is 2.31. The van der Waals surface area contributed by atoms with E-state index in [4.69, 9.17) is 9.15 Å². The number of carbonyl (C=O) groups is 1. The number of nitro benzene ring substituents is 1. The molecule has 0 aliphatic rings. The second kappa shape index (κ2) is 6.79. The Labute approximate surface area is 148 Å². The largest absolute Gasteiger partial charge is 0.483 e. The van der Waals surface area contributed by atoms with Crippen molar-refractivity contribution in [3.05, 3.63) is 69.1 Å². The van der Waals surface area contributed by atoms with Crippen molar-refractivity contribution in [2.75, 3.05) is 0 Å². The standard InChI is InChI=1S/C19H15NO6/c1-11(21)12(2)25-15-6-7-16-17(10-19(22)26-18(16)9-15)13-4-3-5-14(8-13)20(23)24/h3-10,12H,1-2H3. The number of carbonyl (C=O) groups excluding carboxylic acids is 1. The summed E-state index contributed by atoms with van der Waals surface area (Å²) in [5.41, 5.74) is 0.663. The summed E-state index contributed by atoms with van der Waals surface area (Å²) in [7, 11) is 0. The Morgan fingerprint density at radius 2 is 1.96 bits per heavy atom. The zero-order valence-corrected chi connectivity index (χ0v) is 14.1. The SMILES string of the molecule is CC(=O)C(C)Oc1ccc2c(-c3cccc([N+](=O)[O-])c3)cc(=O)oc2c1. The fourth-order valence-corrected chi connectivity index (χ4v) is 2.53. The minimum atomic E-state index is -0.626. The normalized spacial score (nSPS) is 11.9. The number of hydrogen-bond donors (Lipinski definition) is 0. The molecular formula is C19H15NO6. The molecule has 3 aromatic rings. The summed E-state index contributed by atoms with van der Waals surface area (Å²) in [6.45, 7) is 3.05. The van der Waals surface area contributed by atoms with Gasteiger partial charge in [-0.2, -0.15) is 0 Å². The summed E-state index contributed by atoms with van der Waals surface area (Å²) in [4.78, 5) is 33.8. The number of ether oxygens (including phenoxy) is 1. The number of nitro groups is 1. The quantitative estimate of drug-likeness (QED) is 0.394. The van der Waals surface area contributed by atoms with Gasteiger partial charge in [-0.15, -0.1) is 0 Å². The van der Waals surface area contributed by atoms with Gasteiger partial charge < -0.3 is 9.15 Å². The van der Waals surface area contributed by atoms with Crippen LogP contribution in [-0.2, 0) is 4.79 Å². The molecule has 1 unspecified atom stereocenters. The molecule has 0 aliphatic heterocycles. The highest BCUT2D eigenvalue weighted by Gasteiger charge is 2.14. The fourth-order valence-electron chi connectivity index (χ4n) is 2.53. The van der Waals surface area contributed by atoms with Gasteiger partial charge in [0.25, 0.3) is 5.69 Å². The lowest BCUT2D eigenvalue weighted by Gasteiger charge is -2.12. The second-order valence-electron chi connectivity index (χ2n) is 5.82. The maximum atomic E-state index is 11.9. The molecule has 132 valence electrons. The number of Topliss-reactive ketones (excluding diaryl/α,β-unsaturated/α-hetero) is 1. The molecule has 0 spiro atoms. The lowest BCUT2D eigenvalue weighted by molar-refractivity contribution is -0.384. The zero-order valence-electron chi connectivity index (χ0n) is 14.1. The number of hydrogen-bond acceptors (Lipinski definition) is 6. The first-order valence-corrected chi connectivity index (χ1v) is 7.85. The van der Waals surface area contributed by atoms with E-state index in [9.17, 15) is 19.7 Å². The summed E-state index contributed by atoms with van der Waals surface area (Å²) in [6, 6.07) is 12.2. The summed E-state index contributed by atoms with van der Waals surface area (Å²) >= 11 is 0. The van der Waals surface area contributed by atoms with Crippen molar-refractivity contribution < 1.29 is 18.9 Å². The van der Waals surface area contributed by atoms with Crippen LogP contribution in [0.4, 0.5) is 5.69 Å². The van der Waals surface area contributed by atoms with Crippen molar-refractivity contribution in [3.63, 3.8) is 0 Å². The summed E-state index contributed by atoms with van der Waals surface area (Å²) < 4.78 is 10.7. The topological polar surface area (TPSA) is 99.6 Å². The first-order valence-electron chi connectivity index (χ1n) is 7.85. The van der Waals surface area contributed by atoms with Crippen LogP contribution in [0, 0.1) is 10.1 Å². The van der Waals surface area contributed by atoms with Gasteiger partial charge in [-0.1, -0.05) is 12.1 Å². The molecule has 26 heavy (non-hydrogen) atoms. The van der Waals surface area contributed by atoms with Crippen LogP contribution in [0.5, 0.6) is 5.75 Å². The molecule has 3 rings (SSSR count).